The molecule has 7 nitrogen and oxygen atoms in total. The van der Waals surface area contributed by atoms with E-state index in [1.54, 1.807) is 0 Å². The summed E-state index contributed by atoms with van der Waals surface area (Å²) in [6.45, 7) is 7.67. The van der Waals surface area contributed by atoms with Gasteiger partial charge in [0, 0.05) is 18.2 Å². The van der Waals surface area contributed by atoms with E-state index in [0.717, 1.165) is 6.20 Å². The fourth-order valence-electron chi connectivity index (χ4n) is 2.18. The van der Waals surface area contributed by atoms with E-state index in [1.165, 1.54) is 24.0 Å². The Morgan fingerprint density at radius 2 is 2.15 bits per heavy atom. The number of hydrogen-bond donors (Lipinski definition) is 1. The van der Waals surface area contributed by atoms with E-state index in [4.69, 9.17) is 11.8 Å². The molecule has 0 aliphatic rings. The molecule has 0 saturated carbocycles. The van der Waals surface area contributed by atoms with Crippen LogP contribution in [0.4, 0.5) is 19.0 Å². The average Bonchev–Trinajstić information content (AvgIpc) is 3.00. The Morgan fingerprint density at radius 3 is 2.69 bits per heavy atom. The fourth-order valence-corrected chi connectivity index (χ4v) is 2.18. The van der Waals surface area contributed by atoms with Crippen LogP contribution in [0.1, 0.15) is 23.6 Å². The number of carbonyl (C=O) groups is 1. The fraction of sp³-hybridized carbons (Fsp3) is 0.312. The van der Waals surface area contributed by atoms with Crippen molar-refractivity contribution in [2.24, 2.45) is 0 Å². The second kappa shape index (κ2) is 6.94. The number of nitriles is 1. The highest BCUT2D eigenvalue weighted by molar-refractivity contribution is 5.88. The Balaban J connectivity index is 2.20. The van der Waals surface area contributed by atoms with E-state index < -0.39 is 35.4 Å². The largest absolute Gasteiger partial charge is 0.409 e. The number of aliphatic hydroxyl groups is 1. The minimum atomic E-state index is -4.78. The highest BCUT2D eigenvalue weighted by atomic mass is 19.4. The van der Waals surface area contributed by atoms with Crippen molar-refractivity contribution in [3.63, 3.8) is 0 Å². The third-order valence-electron chi connectivity index (χ3n) is 3.53. The molecule has 1 N–H and O–H groups in total. The van der Waals surface area contributed by atoms with Crippen LogP contribution in [0.15, 0.2) is 24.7 Å². The molecule has 0 saturated heterocycles. The Kier molecular flexibility index (Phi) is 5.10. The van der Waals surface area contributed by atoms with E-state index >= 15 is 0 Å². The number of nitrogens with zero attached hydrogens (tertiary/aromatic N) is 5. The number of alkyl halides is 3. The minimum absolute atomic E-state index is 0.0758. The highest BCUT2D eigenvalue weighted by Gasteiger charge is 2.36. The summed E-state index contributed by atoms with van der Waals surface area (Å²) in [5.41, 5.74) is -2.99. The standard InChI is InChI=1S/C16H12F3N5O2/c1-15(26,9-24-8-11(5-20)7-23-24)13(25)4-10-3-12(16(17,18)19)14(21-2)22-6-10/h3,6-8,26H,4,9H2,1H3/t15-/m0/s1. The van der Waals surface area contributed by atoms with Gasteiger partial charge >= 0.3 is 6.18 Å². The summed E-state index contributed by atoms with van der Waals surface area (Å²) >= 11 is 0. The molecule has 0 fully saturated rings. The first-order valence-electron chi connectivity index (χ1n) is 7.18. The average molecular weight is 363 g/mol. The van der Waals surface area contributed by atoms with Gasteiger partial charge in [0.05, 0.1) is 23.9 Å². The van der Waals surface area contributed by atoms with Crippen molar-refractivity contribution in [1.82, 2.24) is 14.8 Å². The number of Topliss-reactive ketones (excluding diaryl/α,β-unsaturated/α-hetero) is 1. The van der Waals surface area contributed by atoms with Crippen molar-refractivity contribution in [3.8, 4) is 6.07 Å². The summed E-state index contributed by atoms with van der Waals surface area (Å²) in [7, 11) is 0. The first-order chi connectivity index (χ1) is 12.1. The second-order valence-electron chi connectivity index (χ2n) is 5.74. The molecule has 2 aromatic heterocycles. The summed E-state index contributed by atoms with van der Waals surface area (Å²) in [4.78, 5) is 18.5. The van der Waals surface area contributed by atoms with Crippen LogP contribution in [0.3, 0.4) is 0 Å². The van der Waals surface area contributed by atoms with Crippen LogP contribution >= 0.6 is 0 Å². The topological polar surface area (TPSA) is 96.2 Å². The maximum Gasteiger partial charge on any atom is 0.409 e. The summed E-state index contributed by atoms with van der Waals surface area (Å²) in [6.07, 6.45) is -1.71. The molecule has 2 heterocycles. The zero-order valence-electron chi connectivity index (χ0n) is 13.4. The van der Waals surface area contributed by atoms with Gasteiger partial charge in [0.15, 0.2) is 5.78 Å². The van der Waals surface area contributed by atoms with Crippen LogP contribution < -0.4 is 0 Å². The molecule has 0 aromatic carbocycles. The Morgan fingerprint density at radius 1 is 1.46 bits per heavy atom. The quantitative estimate of drug-likeness (QED) is 0.822. The van der Waals surface area contributed by atoms with E-state index in [1.807, 2.05) is 6.07 Å². The molecule has 10 heteroatoms. The molecule has 0 aliphatic carbocycles. The molecule has 134 valence electrons. The SMILES string of the molecule is [C-]#[N+]c1ncc(CC(=O)[C@@](C)(O)Cn2cc(C#N)cn2)cc1C(F)(F)F. The number of hydrogen-bond acceptors (Lipinski definition) is 5. The van der Waals surface area contributed by atoms with Crippen LogP contribution in [-0.4, -0.2) is 31.3 Å². The molecule has 0 spiro atoms. The zero-order chi connectivity index (χ0) is 19.5. The normalized spacial score (nSPS) is 13.5. The first-order valence-corrected chi connectivity index (χ1v) is 7.18. The summed E-state index contributed by atoms with van der Waals surface area (Å²) in [5, 5.41) is 22.9. The van der Waals surface area contributed by atoms with Crippen molar-refractivity contribution in [2.45, 2.75) is 31.7 Å². The molecule has 2 rings (SSSR count). The number of rotatable bonds is 5. The van der Waals surface area contributed by atoms with Crippen molar-refractivity contribution in [3.05, 3.63) is 52.8 Å². The third-order valence-corrected chi connectivity index (χ3v) is 3.53. The smallest absolute Gasteiger partial charge is 0.380 e. The third kappa shape index (κ3) is 4.23. The van der Waals surface area contributed by atoms with Gasteiger partial charge in [-0.15, -0.1) is 4.98 Å². The van der Waals surface area contributed by atoms with Crippen molar-refractivity contribution < 1.29 is 23.1 Å². The molecule has 26 heavy (non-hydrogen) atoms. The van der Waals surface area contributed by atoms with Gasteiger partial charge in [0.1, 0.15) is 17.9 Å². The Hall–Kier alpha value is -3.24. The minimum Gasteiger partial charge on any atom is -0.380 e. The van der Waals surface area contributed by atoms with Crippen molar-refractivity contribution in [2.75, 3.05) is 0 Å². The van der Waals surface area contributed by atoms with Gasteiger partial charge in [-0.3, -0.25) is 9.48 Å². The van der Waals surface area contributed by atoms with Gasteiger partial charge in [-0.1, -0.05) is 12.6 Å². The molecule has 0 radical (unpaired) electrons. The van der Waals surface area contributed by atoms with Crippen molar-refractivity contribution >= 4 is 11.6 Å². The van der Waals surface area contributed by atoms with Crippen molar-refractivity contribution in [1.29, 1.82) is 5.26 Å². The van der Waals surface area contributed by atoms with Gasteiger partial charge < -0.3 is 9.95 Å². The van der Waals surface area contributed by atoms with Crippen LogP contribution in [0.25, 0.3) is 4.85 Å². The van der Waals surface area contributed by atoms with E-state index in [0.29, 0.717) is 6.07 Å². The molecule has 0 aliphatic heterocycles. The molecule has 0 bridgehead atoms. The summed E-state index contributed by atoms with van der Waals surface area (Å²) in [6, 6.07) is 2.52. The Labute approximate surface area is 146 Å². The summed E-state index contributed by atoms with van der Waals surface area (Å²) < 4.78 is 40.1. The second-order valence-corrected chi connectivity index (χ2v) is 5.74. The first kappa shape index (κ1) is 19.1. The molecule has 0 amide bonds. The predicted molar refractivity (Wildman–Crippen MR) is 81.8 cm³/mol. The molecule has 0 unspecified atom stereocenters. The van der Waals surface area contributed by atoms with Gasteiger partial charge in [-0.25, -0.2) is 0 Å². The van der Waals surface area contributed by atoms with Crippen LogP contribution in [0, 0.1) is 17.9 Å². The predicted octanol–water partition coefficient (Wildman–Crippen LogP) is 2.28. The Bertz CT molecular complexity index is 919. The molecule has 2 aromatic rings. The van der Waals surface area contributed by atoms with Gasteiger partial charge in [0.2, 0.25) is 0 Å². The van der Waals surface area contributed by atoms with Gasteiger partial charge in [-0.05, 0) is 6.92 Å². The lowest BCUT2D eigenvalue weighted by molar-refractivity contribution is -0.138. The van der Waals surface area contributed by atoms with Crippen LogP contribution in [0.2, 0.25) is 0 Å². The maximum absolute atomic E-state index is 13.0. The number of carbonyl (C=O) groups excluding carboxylic acids is 1. The lowest BCUT2D eigenvalue weighted by Gasteiger charge is -2.21. The molecular formula is C16H12F3N5O2. The van der Waals surface area contributed by atoms with Gasteiger partial charge in [-0.2, -0.15) is 23.5 Å². The number of halogens is 3. The molecular weight excluding hydrogens is 351 g/mol. The van der Waals surface area contributed by atoms with Gasteiger partial charge in [0.25, 0.3) is 5.82 Å². The van der Waals surface area contributed by atoms with Crippen LogP contribution in [-0.2, 0) is 23.9 Å². The number of pyridine rings is 1. The maximum atomic E-state index is 13.0. The lowest BCUT2D eigenvalue weighted by atomic mass is 9.95. The monoisotopic (exact) mass is 363 g/mol. The number of ketones is 1. The van der Waals surface area contributed by atoms with E-state index in [9.17, 15) is 23.1 Å². The summed E-state index contributed by atoms with van der Waals surface area (Å²) in [5.74, 6) is -1.56. The van der Waals surface area contributed by atoms with E-state index in [-0.39, 0.29) is 17.7 Å². The molecule has 1 atom stereocenters. The lowest BCUT2D eigenvalue weighted by Crippen LogP contribution is -2.41. The highest BCUT2D eigenvalue weighted by Crippen LogP contribution is 2.35. The van der Waals surface area contributed by atoms with E-state index in [2.05, 4.69) is 14.9 Å². The van der Waals surface area contributed by atoms with Crippen LogP contribution in [0.5, 0.6) is 0 Å². The zero-order valence-corrected chi connectivity index (χ0v) is 13.4. The number of aromatic nitrogens is 3.